The van der Waals surface area contributed by atoms with Crippen LogP contribution in [0.3, 0.4) is 0 Å². The Hall–Kier alpha value is -1.09. The van der Waals surface area contributed by atoms with E-state index in [4.69, 9.17) is 0 Å². The fourth-order valence-corrected chi connectivity index (χ4v) is 1.80. The van der Waals surface area contributed by atoms with Crippen molar-refractivity contribution in [2.24, 2.45) is 0 Å². The van der Waals surface area contributed by atoms with Gasteiger partial charge in [0.1, 0.15) is 12.3 Å². The van der Waals surface area contributed by atoms with E-state index in [1.165, 1.54) is 0 Å². The molecule has 1 aliphatic rings. The van der Waals surface area contributed by atoms with Crippen molar-refractivity contribution in [2.45, 2.75) is 6.04 Å². The molecular weight excluding hydrogens is 230 g/mol. The molecule has 3 heteroatoms. The molecule has 0 saturated heterocycles. The fraction of sp³-hybridized carbons (Fsp3) is 0.100. The maximum atomic E-state index is 10.7. The van der Waals surface area contributed by atoms with Crippen LogP contribution in [0.2, 0.25) is 0 Å². The van der Waals surface area contributed by atoms with Crippen LogP contribution in [0.25, 0.3) is 6.08 Å². The lowest BCUT2D eigenvalue weighted by atomic mass is 9.99. The highest BCUT2D eigenvalue weighted by Crippen LogP contribution is 2.25. The second kappa shape index (κ2) is 3.34. The lowest BCUT2D eigenvalue weighted by Crippen LogP contribution is -2.20. The molecule has 1 aromatic carbocycles. The molecule has 1 N–H and O–H groups in total. The Labute approximate surface area is 84.8 Å². The van der Waals surface area contributed by atoms with Crippen LogP contribution in [0.4, 0.5) is 0 Å². The predicted molar refractivity (Wildman–Crippen MR) is 55.1 cm³/mol. The van der Waals surface area contributed by atoms with Gasteiger partial charge in [0, 0.05) is 4.47 Å². The molecule has 1 aliphatic heterocycles. The van der Waals surface area contributed by atoms with Crippen molar-refractivity contribution >= 4 is 28.3 Å². The number of carbonyl (C=O) groups excluding carboxylic acids is 1. The molecule has 0 spiro atoms. The van der Waals surface area contributed by atoms with Gasteiger partial charge in [0.15, 0.2) is 0 Å². The summed E-state index contributed by atoms with van der Waals surface area (Å²) in [5.41, 5.74) is 2.12. The molecule has 1 atom stereocenters. The van der Waals surface area contributed by atoms with Gasteiger partial charge in [-0.1, -0.05) is 22.0 Å². The first-order chi connectivity index (χ1) is 6.31. The molecular formula is C10H8BrNO. The van der Waals surface area contributed by atoms with Crippen LogP contribution in [0.5, 0.6) is 0 Å². The van der Waals surface area contributed by atoms with Gasteiger partial charge in [-0.05, 0) is 35.5 Å². The Morgan fingerprint density at radius 3 is 3.08 bits per heavy atom. The van der Waals surface area contributed by atoms with Crippen LogP contribution in [0.1, 0.15) is 17.2 Å². The predicted octanol–water partition coefficient (Wildman–Crippen LogP) is 2.26. The monoisotopic (exact) mass is 237 g/mol. The molecule has 1 unspecified atom stereocenters. The Kier molecular flexibility index (Phi) is 2.19. The summed E-state index contributed by atoms with van der Waals surface area (Å²) < 4.78 is 1.03. The smallest absolute Gasteiger partial charge is 0.146 e. The molecule has 2 nitrogen and oxygen atoms in total. The topological polar surface area (TPSA) is 29.1 Å². The molecule has 66 valence electrons. The van der Waals surface area contributed by atoms with E-state index < -0.39 is 0 Å². The summed E-state index contributed by atoms with van der Waals surface area (Å²) in [6.45, 7) is 0. The number of fused-ring (bicyclic) bond motifs is 1. The summed E-state index contributed by atoms with van der Waals surface area (Å²) in [6.07, 6.45) is 4.67. The first-order valence-electron chi connectivity index (χ1n) is 3.98. The summed E-state index contributed by atoms with van der Waals surface area (Å²) in [4.78, 5) is 10.7. The van der Waals surface area contributed by atoms with Gasteiger partial charge in [0.25, 0.3) is 0 Å². The summed E-state index contributed by atoms with van der Waals surface area (Å²) in [6, 6.07) is 5.70. The zero-order chi connectivity index (χ0) is 9.26. The van der Waals surface area contributed by atoms with Gasteiger partial charge in [0.2, 0.25) is 0 Å². The maximum Gasteiger partial charge on any atom is 0.146 e. The third-order valence-electron chi connectivity index (χ3n) is 2.06. The first kappa shape index (κ1) is 8.51. The Morgan fingerprint density at radius 2 is 2.31 bits per heavy atom. The Morgan fingerprint density at radius 1 is 1.46 bits per heavy atom. The van der Waals surface area contributed by atoms with Gasteiger partial charge in [-0.15, -0.1) is 0 Å². The fourth-order valence-electron chi connectivity index (χ4n) is 1.42. The van der Waals surface area contributed by atoms with Gasteiger partial charge >= 0.3 is 0 Å². The molecule has 1 heterocycles. The minimum atomic E-state index is -0.201. The van der Waals surface area contributed by atoms with E-state index in [9.17, 15) is 4.79 Å². The number of rotatable bonds is 1. The van der Waals surface area contributed by atoms with Crippen molar-refractivity contribution < 1.29 is 4.79 Å². The van der Waals surface area contributed by atoms with E-state index in [1.54, 1.807) is 6.20 Å². The minimum Gasteiger partial charge on any atom is -0.378 e. The number of hydrogen-bond acceptors (Lipinski definition) is 2. The lowest BCUT2D eigenvalue weighted by molar-refractivity contribution is -0.109. The van der Waals surface area contributed by atoms with Gasteiger partial charge in [-0.25, -0.2) is 0 Å². The van der Waals surface area contributed by atoms with Crippen LogP contribution in [0, 0.1) is 0 Å². The molecule has 2 rings (SSSR count). The van der Waals surface area contributed by atoms with Crippen molar-refractivity contribution in [1.82, 2.24) is 5.32 Å². The zero-order valence-corrected chi connectivity index (χ0v) is 8.41. The minimum absolute atomic E-state index is 0.201. The molecule has 0 aliphatic carbocycles. The zero-order valence-electron chi connectivity index (χ0n) is 6.83. The second-order valence-corrected chi connectivity index (χ2v) is 3.80. The lowest BCUT2D eigenvalue weighted by Gasteiger charge is -2.18. The summed E-state index contributed by atoms with van der Waals surface area (Å²) in [5.74, 6) is 0. The largest absolute Gasteiger partial charge is 0.378 e. The number of halogens is 1. The molecule has 0 aromatic heterocycles. The molecule has 0 saturated carbocycles. The standard InChI is InChI=1S/C10H8BrNO/c11-8-1-2-9-7(5-8)3-4-12-10(9)6-13/h1-6,10,12H. The van der Waals surface area contributed by atoms with Crippen molar-refractivity contribution in [3.05, 3.63) is 40.0 Å². The number of carbonyl (C=O) groups is 1. The molecule has 0 bridgehead atoms. The second-order valence-electron chi connectivity index (χ2n) is 2.89. The highest BCUT2D eigenvalue weighted by Gasteiger charge is 2.14. The average molecular weight is 238 g/mol. The van der Waals surface area contributed by atoms with Gasteiger partial charge in [0.05, 0.1) is 0 Å². The number of hydrogen-bond donors (Lipinski definition) is 1. The van der Waals surface area contributed by atoms with Crippen molar-refractivity contribution in [3.8, 4) is 0 Å². The van der Waals surface area contributed by atoms with E-state index in [0.717, 1.165) is 21.9 Å². The van der Waals surface area contributed by atoms with Crippen molar-refractivity contribution in [3.63, 3.8) is 0 Å². The average Bonchev–Trinajstić information content (AvgIpc) is 2.16. The van der Waals surface area contributed by atoms with E-state index in [-0.39, 0.29) is 6.04 Å². The molecule has 0 fully saturated rings. The van der Waals surface area contributed by atoms with Crippen molar-refractivity contribution in [2.75, 3.05) is 0 Å². The van der Waals surface area contributed by atoms with Gasteiger partial charge in [-0.3, -0.25) is 0 Å². The quantitative estimate of drug-likeness (QED) is 0.760. The van der Waals surface area contributed by atoms with E-state index in [1.807, 2.05) is 24.3 Å². The highest BCUT2D eigenvalue weighted by atomic mass is 79.9. The molecule has 0 radical (unpaired) electrons. The maximum absolute atomic E-state index is 10.7. The molecule has 13 heavy (non-hydrogen) atoms. The highest BCUT2D eigenvalue weighted by molar-refractivity contribution is 9.10. The van der Waals surface area contributed by atoms with Crippen LogP contribution in [-0.2, 0) is 4.79 Å². The summed E-state index contributed by atoms with van der Waals surface area (Å²) in [5, 5.41) is 2.98. The van der Waals surface area contributed by atoms with E-state index in [2.05, 4.69) is 21.2 Å². The third kappa shape index (κ3) is 1.52. The van der Waals surface area contributed by atoms with Crippen LogP contribution in [-0.4, -0.2) is 6.29 Å². The normalized spacial score (nSPS) is 19.0. The Balaban J connectivity index is 2.53. The van der Waals surface area contributed by atoms with Crippen LogP contribution >= 0.6 is 15.9 Å². The Bertz CT molecular complexity index is 373. The van der Waals surface area contributed by atoms with Gasteiger partial charge < -0.3 is 10.1 Å². The molecule has 0 amide bonds. The van der Waals surface area contributed by atoms with Crippen LogP contribution in [0.15, 0.2) is 28.9 Å². The number of benzene rings is 1. The SMILES string of the molecule is O=CC1NC=Cc2cc(Br)ccc21. The number of aldehydes is 1. The van der Waals surface area contributed by atoms with E-state index >= 15 is 0 Å². The third-order valence-corrected chi connectivity index (χ3v) is 2.55. The summed E-state index contributed by atoms with van der Waals surface area (Å²) in [7, 11) is 0. The molecule has 1 aromatic rings. The number of nitrogens with one attached hydrogen (secondary N) is 1. The van der Waals surface area contributed by atoms with Crippen molar-refractivity contribution in [1.29, 1.82) is 0 Å². The first-order valence-corrected chi connectivity index (χ1v) is 4.78. The van der Waals surface area contributed by atoms with E-state index in [0.29, 0.717) is 0 Å². The summed E-state index contributed by atoms with van der Waals surface area (Å²) >= 11 is 3.39. The van der Waals surface area contributed by atoms with Crippen LogP contribution < -0.4 is 5.32 Å². The van der Waals surface area contributed by atoms with Gasteiger partial charge in [-0.2, -0.15) is 0 Å².